The van der Waals surface area contributed by atoms with Crippen LogP contribution in [0.4, 0.5) is 4.39 Å². The first-order valence-corrected chi connectivity index (χ1v) is 5.61. The number of carboxylic acids is 1. The van der Waals surface area contributed by atoms with Gasteiger partial charge < -0.3 is 9.51 Å². The number of pyridine rings is 1. The number of nitrogens with zero attached hydrogens (tertiary/aromatic N) is 2. The molecule has 3 rings (SSSR count). The SMILES string of the molecule is O=C(O)c1cc(-c2ccc(F)cc2)c2nccn2c1. The summed E-state index contributed by atoms with van der Waals surface area (Å²) in [5.74, 6) is -1.35. The Morgan fingerprint density at radius 2 is 2.00 bits per heavy atom. The van der Waals surface area contributed by atoms with Gasteiger partial charge >= 0.3 is 5.97 Å². The second kappa shape index (κ2) is 4.20. The second-order valence-corrected chi connectivity index (χ2v) is 4.11. The van der Waals surface area contributed by atoms with E-state index in [-0.39, 0.29) is 11.4 Å². The molecule has 0 unspecified atom stereocenters. The first-order valence-electron chi connectivity index (χ1n) is 5.61. The molecule has 0 spiro atoms. The molecule has 0 aliphatic heterocycles. The number of imidazole rings is 1. The topological polar surface area (TPSA) is 54.6 Å². The Morgan fingerprint density at radius 1 is 1.26 bits per heavy atom. The van der Waals surface area contributed by atoms with Gasteiger partial charge in [-0.15, -0.1) is 0 Å². The fraction of sp³-hybridized carbons (Fsp3) is 0. The highest BCUT2D eigenvalue weighted by Gasteiger charge is 2.11. The lowest BCUT2D eigenvalue weighted by Gasteiger charge is -2.06. The minimum Gasteiger partial charge on any atom is -0.478 e. The molecule has 0 aliphatic carbocycles. The minimum absolute atomic E-state index is 0.157. The van der Waals surface area contributed by atoms with Gasteiger partial charge in [0.15, 0.2) is 0 Å². The van der Waals surface area contributed by atoms with Gasteiger partial charge in [-0.05, 0) is 23.8 Å². The number of carbonyl (C=O) groups is 1. The van der Waals surface area contributed by atoms with E-state index in [1.807, 2.05) is 0 Å². The van der Waals surface area contributed by atoms with E-state index in [9.17, 15) is 9.18 Å². The molecule has 1 aromatic carbocycles. The first-order chi connectivity index (χ1) is 9.15. The summed E-state index contributed by atoms with van der Waals surface area (Å²) in [6.45, 7) is 0. The zero-order valence-corrected chi connectivity index (χ0v) is 9.75. The summed E-state index contributed by atoms with van der Waals surface area (Å²) < 4.78 is 14.6. The molecule has 0 bridgehead atoms. The van der Waals surface area contributed by atoms with Crippen LogP contribution >= 0.6 is 0 Å². The van der Waals surface area contributed by atoms with E-state index >= 15 is 0 Å². The van der Waals surface area contributed by atoms with Gasteiger partial charge in [-0.1, -0.05) is 12.1 Å². The van der Waals surface area contributed by atoms with Crippen molar-refractivity contribution in [2.45, 2.75) is 0 Å². The van der Waals surface area contributed by atoms with Crippen LogP contribution < -0.4 is 0 Å². The summed E-state index contributed by atoms with van der Waals surface area (Å²) in [6.07, 6.45) is 4.76. The molecule has 4 nitrogen and oxygen atoms in total. The Morgan fingerprint density at radius 3 is 2.68 bits per heavy atom. The van der Waals surface area contributed by atoms with Crippen LogP contribution in [0.25, 0.3) is 16.8 Å². The standard InChI is InChI=1S/C14H9FN2O2/c15-11-3-1-9(2-4-11)12-7-10(14(18)19)8-17-6-5-16-13(12)17/h1-8H,(H,18,19). The lowest BCUT2D eigenvalue weighted by Crippen LogP contribution is -2.00. The summed E-state index contributed by atoms with van der Waals surface area (Å²) in [4.78, 5) is 15.3. The van der Waals surface area contributed by atoms with E-state index in [1.165, 1.54) is 24.4 Å². The fourth-order valence-corrected chi connectivity index (χ4v) is 1.99. The van der Waals surface area contributed by atoms with Gasteiger partial charge in [0.25, 0.3) is 0 Å². The number of halogens is 1. The van der Waals surface area contributed by atoms with E-state index < -0.39 is 5.97 Å². The summed E-state index contributed by atoms with van der Waals surface area (Å²) in [7, 11) is 0. The molecule has 0 saturated heterocycles. The van der Waals surface area contributed by atoms with Crippen LogP contribution in [-0.4, -0.2) is 20.5 Å². The van der Waals surface area contributed by atoms with Crippen molar-refractivity contribution in [2.75, 3.05) is 0 Å². The van der Waals surface area contributed by atoms with Crippen molar-refractivity contribution in [1.82, 2.24) is 9.38 Å². The average Bonchev–Trinajstić information content (AvgIpc) is 2.86. The van der Waals surface area contributed by atoms with Crippen molar-refractivity contribution < 1.29 is 14.3 Å². The zero-order valence-electron chi connectivity index (χ0n) is 9.75. The minimum atomic E-state index is -1.01. The molecule has 94 valence electrons. The van der Waals surface area contributed by atoms with Crippen LogP contribution in [0.3, 0.4) is 0 Å². The maximum atomic E-state index is 12.9. The zero-order chi connectivity index (χ0) is 13.4. The van der Waals surface area contributed by atoms with E-state index in [2.05, 4.69) is 4.98 Å². The van der Waals surface area contributed by atoms with Crippen molar-refractivity contribution in [3.63, 3.8) is 0 Å². The van der Waals surface area contributed by atoms with Crippen LogP contribution in [0.2, 0.25) is 0 Å². The molecule has 0 amide bonds. The Bertz CT molecular complexity index is 763. The number of aromatic nitrogens is 2. The highest BCUT2D eigenvalue weighted by molar-refractivity contribution is 5.91. The number of hydrogen-bond donors (Lipinski definition) is 1. The van der Waals surface area contributed by atoms with Crippen molar-refractivity contribution in [2.24, 2.45) is 0 Å². The number of carboxylic acid groups (broad SMARTS) is 1. The Balaban J connectivity index is 2.29. The molecule has 0 radical (unpaired) electrons. The number of hydrogen-bond acceptors (Lipinski definition) is 2. The highest BCUT2D eigenvalue weighted by atomic mass is 19.1. The second-order valence-electron chi connectivity index (χ2n) is 4.11. The van der Waals surface area contributed by atoms with Crippen LogP contribution in [0, 0.1) is 5.82 Å². The third-order valence-electron chi connectivity index (χ3n) is 2.89. The number of benzene rings is 1. The van der Waals surface area contributed by atoms with Crippen LogP contribution in [0.1, 0.15) is 10.4 Å². The Kier molecular flexibility index (Phi) is 2.52. The average molecular weight is 256 g/mol. The predicted octanol–water partition coefficient (Wildman–Crippen LogP) is 2.84. The molecular weight excluding hydrogens is 247 g/mol. The number of aromatic carboxylic acids is 1. The van der Waals surface area contributed by atoms with Gasteiger partial charge in [-0.25, -0.2) is 14.2 Å². The van der Waals surface area contributed by atoms with Crippen LogP contribution in [0.15, 0.2) is 48.9 Å². The summed E-state index contributed by atoms with van der Waals surface area (Å²) in [6, 6.07) is 7.41. The number of fused-ring (bicyclic) bond motifs is 1. The predicted molar refractivity (Wildman–Crippen MR) is 67.5 cm³/mol. The molecule has 3 aromatic rings. The largest absolute Gasteiger partial charge is 0.478 e. The van der Waals surface area contributed by atoms with Crippen LogP contribution in [-0.2, 0) is 0 Å². The molecule has 19 heavy (non-hydrogen) atoms. The molecule has 0 atom stereocenters. The third-order valence-corrected chi connectivity index (χ3v) is 2.89. The molecule has 0 saturated carbocycles. The normalized spacial score (nSPS) is 10.8. The Hall–Kier alpha value is -2.69. The van der Waals surface area contributed by atoms with Gasteiger partial charge in [-0.3, -0.25) is 0 Å². The van der Waals surface area contributed by atoms with Gasteiger partial charge in [0, 0.05) is 24.2 Å². The lowest BCUT2D eigenvalue weighted by molar-refractivity contribution is 0.0696. The molecule has 1 N–H and O–H groups in total. The number of rotatable bonds is 2. The van der Waals surface area contributed by atoms with Gasteiger partial charge in [0.05, 0.1) is 5.56 Å². The smallest absolute Gasteiger partial charge is 0.337 e. The molecule has 0 fully saturated rings. The lowest BCUT2D eigenvalue weighted by atomic mass is 10.1. The molecular formula is C14H9FN2O2. The monoisotopic (exact) mass is 256 g/mol. The van der Waals surface area contributed by atoms with Crippen LogP contribution in [0.5, 0.6) is 0 Å². The van der Waals surface area contributed by atoms with Crippen molar-refractivity contribution in [3.8, 4) is 11.1 Å². The maximum Gasteiger partial charge on any atom is 0.337 e. The van der Waals surface area contributed by atoms with Crippen molar-refractivity contribution in [3.05, 3.63) is 60.3 Å². The molecule has 0 aliphatic rings. The van der Waals surface area contributed by atoms with E-state index in [1.54, 1.807) is 28.9 Å². The Labute approximate surface area is 107 Å². The summed E-state index contributed by atoms with van der Waals surface area (Å²) in [5, 5.41) is 9.10. The summed E-state index contributed by atoms with van der Waals surface area (Å²) in [5.41, 5.74) is 2.17. The first kappa shape index (κ1) is 11.4. The van der Waals surface area contributed by atoms with Gasteiger partial charge in [0.1, 0.15) is 11.5 Å². The van der Waals surface area contributed by atoms with E-state index in [4.69, 9.17) is 5.11 Å². The molecule has 5 heteroatoms. The highest BCUT2D eigenvalue weighted by Crippen LogP contribution is 2.25. The van der Waals surface area contributed by atoms with Crippen molar-refractivity contribution >= 4 is 11.6 Å². The van der Waals surface area contributed by atoms with Gasteiger partial charge in [0.2, 0.25) is 0 Å². The maximum absolute atomic E-state index is 12.9. The van der Waals surface area contributed by atoms with E-state index in [0.717, 1.165) is 5.56 Å². The summed E-state index contributed by atoms with van der Waals surface area (Å²) >= 11 is 0. The van der Waals surface area contributed by atoms with E-state index in [0.29, 0.717) is 11.2 Å². The molecule has 2 heterocycles. The molecule has 2 aromatic heterocycles. The third kappa shape index (κ3) is 1.95. The quantitative estimate of drug-likeness (QED) is 0.767. The fourth-order valence-electron chi connectivity index (χ4n) is 1.99. The van der Waals surface area contributed by atoms with Gasteiger partial charge in [-0.2, -0.15) is 0 Å². The van der Waals surface area contributed by atoms with Crippen molar-refractivity contribution in [1.29, 1.82) is 0 Å².